The number of aromatic nitrogens is 3. The van der Waals surface area contributed by atoms with E-state index >= 15 is 0 Å². The number of amides is 1. The van der Waals surface area contributed by atoms with Gasteiger partial charge in [0.1, 0.15) is 5.02 Å². The zero-order valence-electron chi connectivity index (χ0n) is 17.5. The van der Waals surface area contributed by atoms with Gasteiger partial charge in [-0.15, -0.1) is 0 Å². The van der Waals surface area contributed by atoms with E-state index in [0.29, 0.717) is 25.0 Å². The molecule has 0 spiro atoms. The van der Waals surface area contributed by atoms with Crippen LogP contribution < -0.4 is 16.2 Å². The summed E-state index contributed by atoms with van der Waals surface area (Å²) in [5.41, 5.74) is -1.26. The number of halogens is 4. The molecular formula is C20H24ClF3N6O2. The summed E-state index contributed by atoms with van der Waals surface area (Å²) in [4.78, 5) is 30.2. The van der Waals surface area contributed by atoms with Crippen molar-refractivity contribution >= 4 is 23.2 Å². The summed E-state index contributed by atoms with van der Waals surface area (Å²) in [5.74, 6) is -0.0582. The van der Waals surface area contributed by atoms with Gasteiger partial charge in [-0.3, -0.25) is 14.5 Å². The van der Waals surface area contributed by atoms with Crippen LogP contribution in [0.15, 0.2) is 29.3 Å². The summed E-state index contributed by atoms with van der Waals surface area (Å²) in [5, 5.41) is 9.93. The van der Waals surface area contributed by atoms with E-state index in [9.17, 15) is 22.8 Å². The molecule has 3 rings (SSSR count). The van der Waals surface area contributed by atoms with Crippen LogP contribution in [-0.4, -0.2) is 57.8 Å². The third-order valence-electron chi connectivity index (χ3n) is 5.10. The molecule has 0 atom stereocenters. The minimum Gasteiger partial charge on any atom is -0.380 e. The number of carbonyl (C=O) groups excluding carboxylic acids is 1. The van der Waals surface area contributed by atoms with Gasteiger partial charge < -0.3 is 10.6 Å². The van der Waals surface area contributed by atoms with E-state index in [-0.39, 0.29) is 22.8 Å². The van der Waals surface area contributed by atoms with E-state index in [1.807, 2.05) is 6.92 Å². The molecule has 1 aliphatic rings. The molecule has 12 heteroatoms. The van der Waals surface area contributed by atoms with Crippen LogP contribution in [0, 0.1) is 0 Å². The van der Waals surface area contributed by atoms with Gasteiger partial charge >= 0.3 is 6.18 Å². The third kappa shape index (κ3) is 5.98. The first-order chi connectivity index (χ1) is 15.2. The molecular weight excluding hydrogens is 449 g/mol. The van der Waals surface area contributed by atoms with Crippen molar-refractivity contribution in [3.05, 3.63) is 45.5 Å². The lowest BCUT2D eigenvalue weighted by Crippen LogP contribution is -2.44. The standard InChI is InChI=1S/C20H24ClF3N6O2/c1-2-7-25-17(31)12-29-8-5-14(6-9-29)28-15-11-27-30(19(32)18(15)21)16-4-3-13(10-26-16)20(22,23)24/h3-4,10-11,14,28H,2,5-9,12H2,1H3,(H,25,31). The summed E-state index contributed by atoms with van der Waals surface area (Å²) in [6.45, 7) is 4.44. The van der Waals surface area contributed by atoms with Crippen molar-refractivity contribution in [2.24, 2.45) is 0 Å². The van der Waals surface area contributed by atoms with Gasteiger partial charge in [-0.1, -0.05) is 18.5 Å². The molecule has 0 aliphatic carbocycles. The van der Waals surface area contributed by atoms with Crippen LogP contribution in [0.1, 0.15) is 31.7 Å². The molecule has 2 N–H and O–H groups in total. The summed E-state index contributed by atoms with van der Waals surface area (Å²) in [6.07, 6.45) is -0.139. The summed E-state index contributed by atoms with van der Waals surface area (Å²) < 4.78 is 39.0. The Morgan fingerprint density at radius 2 is 1.97 bits per heavy atom. The fourth-order valence-electron chi connectivity index (χ4n) is 3.35. The number of alkyl halides is 3. The summed E-state index contributed by atoms with van der Waals surface area (Å²) in [6, 6.07) is 1.93. The number of piperidine rings is 1. The molecule has 32 heavy (non-hydrogen) atoms. The topological polar surface area (TPSA) is 92.2 Å². The number of anilines is 1. The van der Waals surface area contributed by atoms with Gasteiger partial charge in [0.15, 0.2) is 5.82 Å². The van der Waals surface area contributed by atoms with Crippen LogP contribution >= 0.6 is 11.6 Å². The lowest BCUT2D eigenvalue weighted by molar-refractivity contribution is -0.137. The van der Waals surface area contributed by atoms with Crippen molar-refractivity contribution in [2.75, 3.05) is 31.5 Å². The van der Waals surface area contributed by atoms with Gasteiger partial charge in [-0.05, 0) is 31.4 Å². The van der Waals surface area contributed by atoms with Crippen LogP contribution in [-0.2, 0) is 11.0 Å². The van der Waals surface area contributed by atoms with Crippen molar-refractivity contribution in [1.82, 2.24) is 25.0 Å². The number of carbonyl (C=O) groups is 1. The number of nitrogens with zero attached hydrogens (tertiary/aromatic N) is 4. The Morgan fingerprint density at radius 1 is 1.25 bits per heavy atom. The Balaban J connectivity index is 1.62. The molecule has 1 amide bonds. The van der Waals surface area contributed by atoms with Crippen LogP contribution in [0.3, 0.4) is 0 Å². The molecule has 8 nitrogen and oxygen atoms in total. The van der Waals surface area contributed by atoms with Crippen LogP contribution in [0.25, 0.3) is 5.82 Å². The maximum Gasteiger partial charge on any atom is 0.417 e. The van der Waals surface area contributed by atoms with Gasteiger partial charge in [0, 0.05) is 31.9 Å². The smallest absolute Gasteiger partial charge is 0.380 e. The van der Waals surface area contributed by atoms with Gasteiger partial charge in [0.25, 0.3) is 5.56 Å². The highest BCUT2D eigenvalue weighted by Gasteiger charge is 2.31. The minimum absolute atomic E-state index is 0.00555. The SMILES string of the molecule is CCCNC(=O)CN1CCC(Nc2cnn(-c3ccc(C(F)(F)F)cn3)c(=O)c2Cl)CC1. The number of hydrogen-bond donors (Lipinski definition) is 2. The number of rotatable bonds is 7. The first-order valence-electron chi connectivity index (χ1n) is 10.3. The zero-order chi connectivity index (χ0) is 23.3. The number of hydrogen-bond acceptors (Lipinski definition) is 6. The molecule has 0 unspecified atom stereocenters. The fourth-order valence-corrected chi connectivity index (χ4v) is 3.54. The second-order valence-electron chi connectivity index (χ2n) is 7.54. The van der Waals surface area contributed by atoms with Crippen molar-refractivity contribution in [3.8, 4) is 5.82 Å². The quantitative estimate of drug-likeness (QED) is 0.643. The Kier molecular flexibility index (Phi) is 7.73. The highest BCUT2D eigenvalue weighted by Crippen LogP contribution is 2.28. The van der Waals surface area contributed by atoms with E-state index < -0.39 is 17.3 Å². The van der Waals surface area contributed by atoms with Crippen molar-refractivity contribution in [3.63, 3.8) is 0 Å². The lowest BCUT2D eigenvalue weighted by Gasteiger charge is -2.32. The predicted octanol–water partition coefficient (Wildman–Crippen LogP) is 2.70. The summed E-state index contributed by atoms with van der Waals surface area (Å²) in [7, 11) is 0. The molecule has 0 radical (unpaired) electrons. The lowest BCUT2D eigenvalue weighted by atomic mass is 10.0. The normalized spacial score (nSPS) is 15.5. The van der Waals surface area contributed by atoms with Crippen LogP contribution in [0.4, 0.5) is 18.9 Å². The monoisotopic (exact) mass is 472 g/mol. The first kappa shape index (κ1) is 24.0. The van der Waals surface area contributed by atoms with Gasteiger partial charge in [0.05, 0.1) is 24.0 Å². The molecule has 0 saturated carbocycles. The molecule has 2 aromatic heterocycles. The Hall–Kier alpha value is -2.66. The van der Waals surface area contributed by atoms with E-state index in [1.54, 1.807) is 0 Å². The Morgan fingerprint density at radius 3 is 2.56 bits per heavy atom. The number of pyridine rings is 1. The highest BCUT2D eigenvalue weighted by atomic mass is 35.5. The summed E-state index contributed by atoms with van der Waals surface area (Å²) >= 11 is 6.21. The average Bonchev–Trinajstić information content (AvgIpc) is 2.76. The minimum atomic E-state index is -4.52. The fraction of sp³-hybridized carbons (Fsp3) is 0.500. The van der Waals surface area contributed by atoms with E-state index in [4.69, 9.17) is 11.6 Å². The second kappa shape index (κ2) is 10.3. The molecule has 0 bridgehead atoms. The number of likely N-dealkylation sites (tertiary alicyclic amines) is 1. The van der Waals surface area contributed by atoms with Crippen molar-refractivity contribution in [2.45, 2.75) is 38.4 Å². The molecule has 2 aromatic rings. The zero-order valence-corrected chi connectivity index (χ0v) is 18.2. The predicted molar refractivity (Wildman–Crippen MR) is 114 cm³/mol. The molecule has 174 valence electrons. The molecule has 1 aliphatic heterocycles. The Bertz CT molecular complexity index is 988. The molecule has 0 aromatic carbocycles. The Labute approximate surface area is 187 Å². The van der Waals surface area contributed by atoms with E-state index in [1.165, 1.54) is 6.20 Å². The molecule has 1 fully saturated rings. The first-order valence-corrected chi connectivity index (χ1v) is 10.6. The van der Waals surface area contributed by atoms with Crippen LogP contribution in [0.5, 0.6) is 0 Å². The van der Waals surface area contributed by atoms with Crippen molar-refractivity contribution in [1.29, 1.82) is 0 Å². The molecule has 1 saturated heterocycles. The van der Waals surface area contributed by atoms with Crippen LogP contribution in [0.2, 0.25) is 5.02 Å². The van der Waals surface area contributed by atoms with Gasteiger partial charge in [-0.2, -0.15) is 23.0 Å². The molecule has 3 heterocycles. The third-order valence-corrected chi connectivity index (χ3v) is 5.46. The van der Waals surface area contributed by atoms with E-state index in [2.05, 4.69) is 25.6 Å². The average molecular weight is 473 g/mol. The second-order valence-corrected chi connectivity index (χ2v) is 7.91. The maximum absolute atomic E-state index is 12.7. The highest BCUT2D eigenvalue weighted by molar-refractivity contribution is 6.32. The van der Waals surface area contributed by atoms with E-state index in [0.717, 1.165) is 49.2 Å². The maximum atomic E-state index is 12.7. The van der Waals surface area contributed by atoms with Crippen molar-refractivity contribution < 1.29 is 18.0 Å². The van der Waals surface area contributed by atoms with Gasteiger partial charge in [-0.25, -0.2) is 4.98 Å². The van der Waals surface area contributed by atoms with Gasteiger partial charge in [0.2, 0.25) is 5.91 Å². The largest absolute Gasteiger partial charge is 0.417 e. The number of nitrogens with one attached hydrogen (secondary N) is 2.